The Hall–Kier alpha value is -0.480. The standard InChI is InChI=1S/C10H13NOS2/c12-10(11-8-3-4-8)7-13-6-9-2-1-5-14-9/h1-2,5,8H,3-4,6-7H2,(H,11,12). The molecule has 76 valence electrons. The number of hydrogen-bond acceptors (Lipinski definition) is 3. The second kappa shape index (κ2) is 4.84. The van der Waals surface area contributed by atoms with Gasteiger partial charge in [-0.15, -0.1) is 23.1 Å². The van der Waals surface area contributed by atoms with E-state index in [1.54, 1.807) is 23.1 Å². The van der Waals surface area contributed by atoms with Crippen LogP contribution in [-0.4, -0.2) is 17.7 Å². The normalized spacial score (nSPS) is 15.4. The van der Waals surface area contributed by atoms with Gasteiger partial charge >= 0.3 is 0 Å². The van der Waals surface area contributed by atoms with Crippen molar-refractivity contribution >= 4 is 29.0 Å². The maximum absolute atomic E-state index is 11.3. The number of thioether (sulfide) groups is 1. The SMILES string of the molecule is O=C(CSCc1cccs1)NC1CC1. The van der Waals surface area contributed by atoms with Crippen LogP contribution in [0.1, 0.15) is 17.7 Å². The highest BCUT2D eigenvalue weighted by molar-refractivity contribution is 7.99. The number of nitrogens with one attached hydrogen (secondary N) is 1. The van der Waals surface area contributed by atoms with Crippen LogP contribution >= 0.6 is 23.1 Å². The van der Waals surface area contributed by atoms with Crippen LogP contribution in [0.25, 0.3) is 0 Å². The molecule has 4 heteroatoms. The van der Waals surface area contributed by atoms with Crippen molar-refractivity contribution in [3.63, 3.8) is 0 Å². The summed E-state index contributed by atoms with van der Waals surface area (Å²) < 4.78 is 0. The average molecular weight is 227 g/mol. The first kappa shape index (κ1) is 10.1. The Morgan fingerprint density at radius 2 is 2.50 bits per heavy atom. The summed E-state index contributed by atoms with van der Waals surface area (Å²) in [6, 6.07) is 4.64. The summed E-state index contributed by atoms with van der Waals surface area (Å²) in [6.07, 6.45) is 2.34. The number of carbonyl (C=O) groups excluding carboxylic acids is 1. The first-order valence-corrected chi connectivity index (χ1v) is 6.77. The van der Waals surface area contributed by atoms with E-state index in [1.165, 1.54) is 17.7 Å². The zero-order valence-electron chi connectivity index (χ0n) is 7.86. The third-order valence-corrected chi connectivity index (χ3v) is 4.04. The highest BCUT2D eigenvalue weighted by Gasteiger charge is 2.22. The predicted molar refractivity (Wildman–Crippen MR) is 61.6 cm³/mol. The summed E-state index contributed by atoms with van der Waals surface area (Å²) in [6.45, 7) is 0. The predicted octanol–water partition coefficient (Wildman–Crippen LogP) is 2.26. The zero-order valence-corrected chi connectivity index (χ0v) is 9.50. The van der Waals surface area contributed by atoms with Crippen LogP contribution in [0.15, 0.2) is 17.5 Å². The summed E-state index contributed by atoms with van der Waals surface area (Å²) in [5, 5.41) is 5.05. The van der Waals surface area contributed by atoms with E-state index in [0.29, 0.717) is 11.8 Å². The summed E-state index contributed by atoms with van der Waals surface area (Å²) in [5.41, 5.74) is 0. The lowest BCUT2D eigenvalue weighted by Crippen LogP contribution is -2.27. The van der Waals surface area contributed by atoms with Gasteiger partial charge in [0.25, 0.3) is 0 Å². The zero-order chi connectivity index (χ0) is 9.80. The van der Waals surface area contributed by atoms with Gasteiger partial charge in [-0.25, -0.2) is 0 Å². The summed E-state index contributed by atoms with van der Waals surface area (Å²) >= 11 is 3.44. The van der Waals surface area contributed by atoms with Crippen molar-refractivity contribution in [2.45, 2.75) is 24.6 Å². The van der Waals surface area contributed by atoms with E-state index in [9.17, 15) is 4.79 Å². The smallest absolute Gasteiger partial charge is 0.230 e. The fourth-order valence-corrected chi connectivity index (χ4v) is 2.82. The largest absolute Gasteiger partial charge is 0.353 e. The molecule has 1 aliphatic rings. The Kier molecular flexibility index (Phi) is 3.48. The molecular weight excluding hydrogens is 214 g/mol. The molecule has 1 aliphatic carbocycles. The van der Waals surface area contributed by atoms with Gasteiger partial charge in [-0.1, -0.05) is 6.07 Å². The van der Waals surface area contributed by atoms with Crippen molar-refractivity contribution in [2.75, 3.05) is 5.75 Å². The molecule has 0 aromatic carbocycles. The molecule has 0 saturated heterocycles. The minimum atomic E-state index is 0.189. The molecule has 1 aromatic rings. The number of carbonyl (C=O) groups is 1. The topological polar surface area (TPSA) is 29.1 Å². The molecule has 1 amide bonds. The van der Waals surface area contributed by atoms with Crippen LogP contribution in [0, 0.1) is 0 Å². The molecule has 0 aliphatic heterocycles. The summed E-state index contributed by atoms with van der Waals surface area (Å²) in [5.74, 6) is 1.73. The Balaban J connectivity index is 1.60. The van der Waals surface area contributed by atoms with Crippen molar-refractivity contribution in [3.8, 4) is 0 Å². The van der Waals surface area contributed by atoms with Crippen LogP contribution in [0.3, 0.4) is 0 Å². The molecule has 2 rings (SSSR count). The van der Waals surface area contributed by atoms with Crippen molar-refractivity contribution in [3.05, 3.63) is 22.4 Å². The second-order valence-corrected chi connectivity index (χ2v) is 5.43. The van der Waals surface area contributed by atoms with Gasteiger partial charge in [-0.3, -0.25) is 4.79 Å². The molecular formula is C10H13NOS2. The van der Waals surface area contributed by atoms with Gasteiger partial charge < -0.3 is 5.32 Å². The molecule has 1 saturated carbocycles. The minimum absolute atomic E-state index is 0.189. The van der Waals surface area contributed by atoms with Crippen LogP contribution in [0.2, 0.25) is 0 Å². The van der Waals surface area contributed by atoms with E-state index in [1.807, 2.05) is 6.07 Å². The van der Waals surface area contributed by atoms with Crippen molar-refractivity contribution in [1.29, 1.82) is 0 Å². The van der Waals surface area contributed by atoms with Crippen LogP contribution in [0.4, 0.5) is 0 Å². The highest BCUT2D eigenvalue weighted by Crippen LogP contribution is 2.20. The van der Waals surface area contributed by atoms with Gasteiger partial charge in [0, 0.05) is 16.7 Å². The van der Waals surface area contributed by atoms with Gasteiger partial charge in [-0.05, 0) is 24.3 Å². The Morgan fingerprint density at radius 3 is 3.14 bits per heavy atom. The number of hydrogen-bond donors (Lipinski definition) is 1. The van der Waals surface area contributed by atoms with E-state index in [4.69, 9.17) is 0 Å². The fraction of sp³-hybridized carbons (Fsp3) is 0.500. The first-order chi connectivity index (χ1) is 6.84. The van der Waals surface area contributed by atoms with Gasteiger partial charge in [0.1, 0.15) is 0 Å². The van der Waals surface area contributed by atoms with Gasteiger partial charge in [-0.2, -0.15) is 0 Å². The summed E-state index contributed by atoms with van der Waals surface area (Å²) in [7, 11) is 0. The average Bonchev–Trinajstić information content (AvgIpc) is 2.82. The number of amides is 1. The Labute approximate surface area is 92.1 Å². The third-order valence-electron chi connectivity index (χ3n) is 2.00. The van der Waals surface area contributed by atoms with Crippen molar-refractivity contribution in [1.82, 2.24) is 5.32 Å². The number of rotatable bonds is 5. The van der Waals surface area contributed by atoms with E-state index < -0.39 is 0 Å². The van der Waals surface area contributed by atoms with E-state index in [0.717, 1.165) is 5.75 Å². The molecule has 1 aromatic heterocycles. The maximum Gasteiger partial charge on any atom is 0.230 e. The monoisotopic (exact) mass is 227 g/mol. The quantitative estimate of drug-likeness (QED) is 0.836. The molecule has 0 bridgehead atoms. The van der Waals surface area contributed by atoms with Crippen LogP contribution in [-0.2, 0) is 10.5 Å². The lowest BCUT2D eigenvalue weighted by atomic mass is 10.5. The Morgan fingerprint density at radius 1 is 1.64 bits per heavy atom. The molecule has 0 spiro atoms. The number of thiophene rings is 1. The molecule has 1 heterocycles. The van der Waals surface area contributed by atoms with E-state index >= 15 is 0 Å². The lowest BCUT2D eigenvalue weighted by Gasteiger charge is -2.01. The molecule has 0 atom stereocenters. The molecule has 0 unspecified atom stereocenters. The third kappa shape index (κ3) is 3.35. The van der Waals surface area contributed by atoms with Gasteiger partial charge in [0.05, 0.1) is 5.75 Å². The van der Waals surface area contributed by atoms with Crippen molar-refractivity contribution in [2.24, 2.45) is 0 Å². The van der Waals surface area contributed by atoms with E-state index in [-0.39, 0.29) is 5.91 Å². The Bertz CT molecular complexity index is 293. The molecule has 0 radical (unpaired) electrons. The molecule has 2 nitrogen and oxygen atoms in total. The van der Waals surface area contributed by atoms with Crippen LogP contribution in [0.5, 0.6) is 0 Å². The minimum Gasteiger partial charge on any atom is -0.353 e. The van der Waals surface area contributed by atoms with Gasteiger partial charge in [0.2, 0.25) is 5.91 Å². The molecule has 14 heavy (non-hydrogen) atoms. The molecule has 1 N–H and O–H groups in total. The molecule has 1 fully saturated rings. The highest BCUT2D eigenvalue weighted by atomic mass is 32.2. The second-order valence-electron chi connectivity index (χ2n) is 3.41. The first-order valence-electron chi connectivity index (χ1n) is 4.74. The van der Waals surface area contributed by atoms with E-state index in [2.05, 4.69) is 16.8 Å². The lowest BCUT2D eigenvalue weighted by molar-refractivity contribution is -0.118. The fourth-order valence-electron chi connectivity index (χ4n) is 1.14. The summed E-state index contributed by atoms with van der Waals surface area (Å²) in [4.78, 5) is 12.6. The van der Waals surface area contributed by atoms with Crippen molar-refractivity contribution < 1.29 is 4.79 Å². The van der Waals surface area contributed by atoms with Crippen LogP contribution < -0.4 is 5.32 Å². The maximum atomic E-state index is 11.3. The van der Waals surface area contributed by atoms with Gasteiger partial charge in [0.15, 0.2) is 0 Å².